The fraction of sp³-hybridized carbons (Fsp3) is 0.565. The summed E-state index contributed by atoms with van der Waals surface area (Å²) in [6.45, 7) is 4.33. The molecule has 0 aromatic carbocycles. The molecule has 1 aliphatic carbocycles. The van der Waals surface area contributed by atoms with Crippen molar-refractivity contribution in [1.29, 1.82) is 0 Å². The van der Waals surface area contributed by atoms with E-state index in [4.69, 9.17) is 0 Å². The number of amides is 2. The first-order chi connectivity index (χ1) is 15.2. The molecule has 1 N–H and O–H groups in total. The SMILES string of the molecule is O=C(NC1CCCCCC1)N1CCN(CCn2nc(-c3cccnc3)ccc2=O)CC1. The van der Waals surface area contributed by atoms with Crippen LogP contribution in [-0.4, -0.2) is 69.4 Å². The molecule has 166 valence electrons. The smallest absolute Gasteiger partial charge is 0.317 e. The number of urea groups is 1. The highest BCUT2D eigenvalue weighted by atomic mass is 16.2. The molecule has 0 bridgehead atoms. The molecule has 3 heterocycles. The number of aromatic nitrogens is 3. The third kappa shape index (κ3) is 5.91. The number of carbonyl (C=O) groups excluding carboxylic acids is 1. The van der Waals surface area contributed by atoms with E-state index in [1.165, 1.54) is 30.4 Å². The van der Waals surface area contributed by atoms with E-state index < -0.39 is 0 Å². The first kappa shape index (κ1) is 21.5. The largest absolute Gasteiger partial charge is 0.335 e. The molecular weight excluding hydrogens is 392 g/mol. The van der Waals surface area contributed by atoms with E-state index in [0.717, 1.165) is 56.8 Å². The van der Waals surface area contributed by atoms with Crippen LogP contribution in [0.3, 0.4) is 0 Å². The van der Waals surface area contributed by atoms with Crippen molar-refractivity contribution in [3.05, 3.63) is 47.0 Å². The van der Waals surface area contributed by atoms with Gasteiger partial charge in [0.05, 0.1) is 12.2 Å². The molecule has 1 aliphatic heterocycles. The highest BCUT2D eigenvalue weighted by molar-refractivity contribution is 5.74. The van der Waals surface area contributed by atoms with Gasteiger partial charge in [0.15, 0.2) is 0 Å². The number of rotatable bonds is 5. The number of pyridine rings is 1. The van der Waals surface area contributed by atoms with Gasteiger partial charge in [0.2, 0.25) is 0 Å². The van der Waals surface area contributed by atoms with Crippen LogP contribution in [0.5, 0.6) is 0 Å². The number of nitrogens with zero attached hydrogens (tertiary/aromatic N) is 5. The maximum Gasteiger partial charge on any atom is 0.317 e. The Morgan fingerprint density at radius 1 is 1.00 bits per heavy atom. The summed E-state index contributed by atoms with van der Waals surface area (Å²) in [5.41, 5.74) is 1.53. The molecule has 2 amide bonds. The Bertz CT molecular complexity index is 900. The van der Waals surface area contributed by atoms with Gasteiger partial charge in [-0.1, -0.05) is 25.7 Å². The lowest BCUT2D eigenvalue weighted by Gasteiger charge is -2.35. The lowest BCUT2D eigenvalue weighted by atomic mass is 10.1. The molecule has 2 fully saturated rings. The molecule has 0 atom stereocenters. The maximum atomic E-state index is 12.6. The molecule has 0 spiro atoms. The van der Waals surface area contributed by atoms with Crippen LogP contribution >= 0.6 is 0 Å². The van der Waals surface area contributed by atoms with Gasteiger partial charge in [0, 0.05) is 62.8 Å². The quantitative estimate of drug-likeness (QED) is 0.745. The minimum absolute atomic E-state index is 0.0774. The van der Waals surface area contributed by atoms with Crippen molar-refractivity contribution in [3.8, 4) is 11.3 Å². The van der Waals surface area contributed by atoms with Crippen LogP contribution in [-0.2, 0) is 6.54 Å². The molecular formula is C23H32N6O2. The van der Waals surface area contributed by atoms with Crippen LogP contribution in [0.25, 0.3) is 11.3 Å². The summed E-state index contributed by atoms with van der Waals surface area (Å²) in [4.78, 5) is 33.2. The minimum Gasteiger partial charge on any atom is -0.335 e. The summed E-state index contributed by atoms with van der Waals surface area (Å²) >= 11 is 0. The molecule has 1 saturated heterocycles. The first-order valence-corrected chi connectivity index (χ1v) is 11.5. The highest BCUT2D eigenvalue weighted by Gasteiger charge is 2.23. The average Bonchev–Trinajstić information content (AvgIpc) is 3.08. The van der Waals surface area contributed by atoms with Gasteiger partial charge in [0.25, 0.3) is 5.56 Å². The van der Waals surface area contributed by atoms with Crippen molar-refractivity contribution in [2.75, 3.05) is 32.7 Å². The molecule has 8 nitrogen and oxygen atoms in total. The third-order valence-corrected chi connectivity index (χ3v) is 6.29. The van der Waals surface area contributed by atoms with Crippen molar-refractivity contribution in [2.24, 2.45) is 0 Å². The first-order valence-electron chi connectivity index (χ1n) is 11.5. The van der Waals surface area contributed by atoms with Crippen LogP contribution in [0.1, 0.15) is 38.5 Å². The van der Waals surface area contributed by atoms with Gasteiger partial charge in [-0.25, -0.2) is 9.48 Å². The van der Waals surface area contributed by atoms with E-state index in [1.54, 1.807) is 24.5 Å². The van der Waals surface area contributed by atoms with Crippen molar-refractivity contribution in [2.45, 2.75) is 51.1 Å². The average molecular weight is 425 g/mol. The Kier molecular flexibility index (Phi) is 7.30. The van der Waals surface area contributed by atoms with Crippen LogP contribution in [0.15, 0.2) is 41.5 Å². The fourth-order valence-electron chi connectivity index (χ4n) is 4.38. The van der Waals surface area contributed by atoms with Crippen molar-refractivity contribution < 1.29 is 4.79 Å². The van der Waals surface area contributed by atoms with E-state index in [1.807, 2.05) is 17.0 Å². The number of nitrogens with one attached hydrogen (secondary N) is 1. The third-order valence-electron chi connectivity index (χ3n) is 6.29. The number of carbonyl (C=O) groups is 1. The highest BCUT2D eigenvalue weighted by Crippen LogP contribution is 2.17. The Labute approximate surface area is 183 Å². The van der Waals surface area contributed by atoms with E-state index in [0.29, 0.717) is 12.6 Å². The zero-order valence-electron chi connectivity index (χ0n) is 18.1. The molecule has 2 aliphatic rings. The summed E-state index contributed by atoms with van der Waals surface area (Å²) < 4.78 is 1.52. The summed E-state index contributed by atoms with van der Waals surface area (Å²) in [7, 11) is 0. The maximum absolute atomic E-state index is 12.6. The summed E-state index contributed by atoms with van der Waals surface area (Å²) in [5.74, 6) is 0. The molecule has 2 aromatic rings. The van der Waals surface area contributed by atoms with Crippen LogP contribution < -0.4 is 10.9 Å². The van der Waals surface area contributed by atoms with Crippen molar-refractivity contribution >= 4 is 6.03 Å². The van der Waals surface area contributed by atoms with E-state index in [-0.39, 0.29) is 11.6 Å². The molecule has 2 aromatic heterocycles. The summed E-state index contributed by atoms with van der Waals surface area (Å²) in [5, 5.41) is 7.74. The second kappa shape index (κ2) is 10.5. The second-order valence-electron chi connectivity index (χ2n) is 8.49. The zero-order chi connectivity index (χ0) is 21.5. The molecule has 1 saturated carbocycles. The Morgan fingerprint density at radius 3 is 2.48 bits per heavy atom. The summed E-state index contributed by atoms with van der Waals surface area (Å²) in [6.07, 6.45) is 10.7. The van der Waals surface area contributed by atoms with Gasteiger partial charge in [-0.05, 0) is 31.0 Å². The molecule has 4 rings (SSSR count). The normalized spacial score (nSPS) is 18.5. The minimum atomic E-state index is -0.103. The Morgan fingerprint density at radius 2 is 1.77 bits per heavy atom. The van der Waals surface area contributed by atoms with Crippen LogP contribution in [0, 0.1) is 0 Å². The topological polar surface area (TPSA) is 83.4 Å². The lowest BCUT2D eigenvalue weighted by Crippen LogP contribution is -2.53. The Balaban J connectivity index is 1.26. The van der Waals surface area contributed by atoms with E-state index in [9.17, 15) is 9.59 Å². The standard InChI is InChI=1S/C23H32N6O2/c30-22-10-9-21(19-6-5-11-24-18-19)26-29(22)17-14-27-12-15-28(16-13-27)23(31)25-20-7-3-1-2-4-8-20/h5-6,9-11,18,20H,1-4,7-8,12-17H2,(H,25,31). The Hall–Kier alpha value is -2.74. The fourth-order valence-corrected chi connectivity index (χ4v) is 4.38. The van der Waals surface area contributed by atoms with Gasteiger partial charge in [-0.2, -0.15) is 5.10 Å². The van der Waals surface area contributed by atoms with E-state index in [2.05, 4.69) is 20.3 Å². The van der Waals surface area contributed by atoms with Crippen molar-refractivity contribution in [3.63, 3.8) is 0 Å². The zero-order valence-corrected chi connectivity index (χ0v) is 18.1. The predicted molar refractivity (Wildman–Crippen MR) is 120 cm³/mol. The van der Waals surface area contributed by atoms with Gasteiger partial charge < -0.3 is 10.2 Å². The van der Waals surface area contributed by atoms with Gasteiger partial charge in [-0.3, -0.25) is 14.7 Å². The van der Waals surface area contributed by atoms with Crippen LogP contribution in [0.2, 0.25) is 0 Å². The monoisotopic (exact) mass is 424 g/mol. The lowest BCUT2D eigenvalue weighted by molar-refractivity contribution is 0.133. The number of piperazine rings is 1. The second-order valence-corrected chi connectivity index (χ2v) is 8.49. The van der Waals surface area contributed by atoms with Crippen molar-refractivity contribution in [1.82, 2.24) is 29.9 Å². The summed E-state index contributed by atoms with van der Waals surface area (Å²) in [6, 6.07) is 7.50. The predicted octanol–water partition coefficient (Wildman–Crippen LogP) is 2.36. The van der Waals surface area contributed by atoms with Gasteiger partial charge >= 0.3 is 6.03 Å². The van der Waals surface area contributed by atoms with E-state index >= 15 is 0 Å². The van der Waals surface area contributed by atoms with Gasteiger partial charge in [0.1, 0.15) is 0 Å². The molecule has 0 unspecified atom stereocenters. The molecule has 31 heavy (non-hydrogen) atoms. The number of hydrogen-bond donors (Lipinski definition) is 1. The molecule has 8 heteroatoms. The number of hydrogen-bond acceptors (Lipinski definition) is 5. The van der Waals surface area contributed by atoms with Crippen LogP contribution in [0.4, 0.5) is 4.79 Å². The van der Waals surface area contributed by atoms with Gasteiger partial charge in [-0.15, -0.1) is 0 Å². The molecule has 0 radical (unpaired) electrons.